The summed E-state index contributed by atoms with van der Waals surface area (Å²) in [5.41, 5.74) is 2.99. The van der Waals surface area contributed by atoms with Crippen molar-refractivity contribution in [3.63, 3.8) is 0 Å². The lowest BCUT2D eigenvalue weighted by Crippen LogP contribution is -3.00. The van der Waals surface area contributed by atoms with Crippen LogP contribution in [0.4, 0.5) is 0 Å². The van der Waals surface area contributed by atoms with Gasteiger partial charge in [-0.1, -0.05) is 29.8 Å². The highest BCUT2D eigenvalue weighted by Crippen LogP contribution is 2.31. The summed E-state index contributed by atoms with van der Waals surface area (Å²) in [6, 6.07) is 13.1. The van der Waals surface area contributed by atoms with Crippen molar-refractivity contribution in [1.29, 1.82) is 0 Å². The first-order valence-corrected chi connectivity index (χ1v) is 8.19. The van der Waals surface area contributed by atoms with Gasteiger partial charge in [-0.3, -0.25) is 4.79 Å². The van der Waals surface area contributed by atoms with Crippen molar-refractivity contribution >= 4 is 22.8 Å². The smallest absolute Gasteiger partial charge is 0.197 e. The highest BCUT2D eigenvalue weighted by Gasteiger charge is 2.21. The fourth-order valence-corrected chi connectivity index (χ4v) is 2.67. The quantitative estimate of drug-likeness (QED) is 0.728. The Labute approximate surface area is 147 Å². The first-order valence-electron chi connectivity index (χ1n) is 8.19. The largest absolute Gasteiger partial charge is 0.497 e. The lowest BCUT2D eigenvalue weighted by atomic mass is 9.99. The molecule has 128 valence electrons. The number of methoxy groups -OCH3 is 1. The maximum absolute atomic E-state index is 13.2. The fraction of sp³-hybridized carbons (Fsp3) is 0.190. The van der Waals surface area contributed by atoms with E-state index in [4.69, 9.17) is 9.15 Å². The molecule has 0 atom stereocenters. The number of hydrogen-bond donors (Lipinski definition) is 1. The molecule has 0 fully saturated rings. The maximum atomic E-state index is 13.2. The molecule has 0 spiro atoms. The SMILES string of the molecule is COc1ccc2oc(/C=C\[NH+](C)C)c(C(=O)c3ccc(C)cc3)c2c1. The van der Waals surface area contributed by atoms with Gasteiger partial charge in [0.15, 0.2) is 5.78 Å². The number of rotatable bonds is 5. The predicted octanol–water partition coefficient (Wildman–Crippen LogP) is 3.10. The summed E-state index contributed by atoms with van der Waals surface area (Å²) >= 11 is 0. The zero-order valence-corrected chi connectivity index (χ0v) is 14.9. The summed E-state index contributed by atoms with van der Waals surface area (Å²) in [4.78, 5) is 14.3. The molecule has 4 nitrogen and oxygen atoms in total. The van der Waals surface area contributed by atoms with Crippen molar-refractivity contribution in [3.8, 4) is 5.75 Å². The Morgan fingerprint density at radius 3 is 2.48 bits per heavy atom. The molecule has 3 aromatic rings. The molecule has 2 aromatic carbocycles. The molecule has 25 heavy (non-hydrogen) atoms. The molecule has 0 unspecified atom stereocenters. The Morgan fingerprint density at radius 1 is 1.12 bits per heavy atom. The molecule has 4 heteroatoms. The lowest BCUT2D eigenvalue weighted by molar-refractivity contribution is -0.800. The van der Waals surface area contributed by atoms with E-state index in [0.717, 1.165) is 15.8 Å². The molecule has 0 radical (unpaired) electrons. The number of furan rings is 1. The average molecular weight is 336 g/mol. The number of quaternary nitrogens is 1. The van der Waals surface area contributed by atoms with Gasteiger partial charge >= 0.3 is 0 Å². The molecule has 3 rings (SSSR count). The molecule has 0 amide bonds. The first kappa shape index (κ1) is 17.0. The zero-order valence-electron chi connectivity index (χ0n) is 14.9. The zero-order chi connectivity index (χ0) is 18.0. The Morgan fingerprint density at radius 2 is 1.84 bits per heavy atom. The van der Waals surface area contributed by atoms with E-state index in [2.05, 4.69) is 0 Å². The van der Waals surface area contributed by atoms with Crippen LogP contribution in [0.15, 0.2) is 53.1 Å². The van der Waals surface area contributed by atoms with Gasteiger partial charge in [-0.15, -0.1) is 0 Å². The van der Waals surface area contributed by atoms with Crippen molar-refractivity contribution in [1.82, 2.24) is 0 Å². The van der Waals surface area contributed by atoms with Gasteiger partial charge in [-0.05, 0) is 25.1 Å². The number of ketones is 1. The molecule has 0 aliphatic rings. The molecule has 0 saturated carbocycles. The van der Waals surface area contributed by atoms with Gasteiger partial charge in [-0.2, -0.15) is 0 Å². The third kappa shape index (κ3) is 3.49. The first-order chi connectivity index (χ1) is 12.0. The molecule has 1 aromatic heterocycles. The highest BCUT2D eigenvalue weighted by atomic mass is 16.5. The van der Waals surface area contributed by atoms with Crippen LogP contribution in [0.3, 0.4) is 0 Å². The second kappa shape index (κ2) is 6.95. The van der Waals surface area contributed by atoms with Crippen LogP contribution in [0.1, 0.15) is 27.2 Å². The van der Waals surface area contributed by atoms with Gasteiger partial charge in [0.05, 0.1) is 33.0 Å². The number of ether oxygens (including phenoxy) is 1. The monoisotopic (exact) mass is 336 g/mol. The molecular weight excluding hydrogens is 314 g/mol. The van der Waals surface area contributed by atoms with Crippen LogP contribution in [0.5, 0.6) is 5.75 Å². The molecule has 0 saturated heterocycles. The Balaban J connectivity index is 2.19. The van der Waals surface area contributed by atoms with Gasteiger partial charge in [0, 0.05) is 17.0 Å². The number of carbonyl (C=O) groups is 1. The number of carbonyl (C=O) groups excluding carboxylic acids is 1. The predicted molar refractivity (Wildman–Crippen MR) is 99.2 cm³/mol. The van der Waals surface area contributed by atoms with Gasteiger partial charge in [0.2, 0.25) is 0 Å². The van der Waals surface area contributed by atoms with E-state index >= 15 is 0 Å². The van der Waals surface area contributed by atoms with Crippen LogP contribution in [-0.4, -0.2) is 27.0 Å². The molecule has 1 heterocycles. The van der Waals surface area contributed by atoms with Gasteiger partial charge in [0.1, 0.15) is 17.1 Å². The molecule has 0 aliphatic heterocycles. The third-order valence-corrected chi connectivity index (χ3v) is 4.03. The van der Waals surface area contributed by atoms with Crippen LogP contribution in [0.2, 0.25) is 0 Å². The summed E-state index contributed by atoms with van der Waals surface area (Å²) in [6.45, 7) is 2.00. The summed E-state index contributed by atoms with van der Waals surface area (Å²) in [5, 5.41) is 0.762. The van der Waals surface area contributed by atoms with Crippen molar-refractivity contribution in [2.45, 2.75) is 6.92 Å². The summed E-state index contributed by atoms with van der Waals surface area (Å²) in [7, 11) is 5.62. The lowest BCUT2D eigenvalue weighted by Gasteiger charge is -2.03. The van der Waals surface area contributed by atoms with Crippen LogP contribution in [0.25, 0.3) is 17.0 Å². The number of hydrogen-bond acceptors (Lipinski definition) is 3. The Kier molecular flexibility index (Phi) is 4.72. The maximum Gasteiger partial charge on any atom is 0.197 e. The van der Waals surface area contributed by atoms with Crippen molar-refractivity contribution in [3.05, 3.63) is 71.1 Å². The van der Waals surface area contributed by atoms with Crippen LogP contribution in [0, 0.1) is 6.92 Å². The normalized spacial score (nSPS) is 11.6. The number of benzene rings is 2. The minimum Gasteiger partial charge on any atom is -0.497 e. The Hall–Kier alpha value is -2.85. The molecule has 0 bridgehead atoms. The number of aryl methyl sites for hydroxylation is 1. The minimum atomic E-state index is -0.0552. The van der Waals surface area contributed by atoms with Crippen molar-refractivity contribution in [2.24, 2.45) is 0 Å². The molecule has 0 aliphatic carbocycles. The fourth-order valence-electron chi connectivity index (χ4n) is 2.67. The van der Waals surface area contributed by atoms with E-state index in [1.807, 2.05) is 75.8 Å². The molecular formula is C21H22NO3+. The average Bonchev–Trinajstić information content (AvgIpc) is 2.97. The number of nitrogens with one attached hydrogen (secondary N) is 1. The van der Waals surface area contributed by atoms with Crippen molar-refractivity contribution in [2.75, 3.05) is 21.2 Å². The topological polar surface area (TPSA) is 43.9 Å². The summed E-state index contributed by atoms with van der Waals surface area (Å²) < 4.78 is 11.2. The van der Waals surface area contributed by atoms with Crippen LogP contribution < -0.4 is 9.64 Å². The Bertz CT molecular complexity index is 934. The van der Waals surface area contributed by atoms with Gasteiger partial charge < -0.3 is 14.1 Å². The number of fused-ring (bicyclic) bond motifs is 1. The van der Waals surface area contributed by atoms with Crippen LogP contribution in [-0.2, 0) is 0 Å². The van der Waals surface area contributed by atoms with E-state index in [1.54, 1.807) is 7.11 Å². The second-order valence-electron chi connectivity index (χ2n) is 6.31. The highest BCUT2D eigenvalue weighted by molar-refractivity contribution is 6.18. The van der Waals surface area contributed by atoms with E-state index in [0.29, 0.717) is 28.2 Å². The van der Waals surface area contributed by atoms with Gasteiger partial charge in [-0.25, -0.2) is 0 Å². The van der Waals surface area contributed by atoms with E-state index < -0.39 is 0 Å². The second-order valence-corrected chi connectivity index (χ2v) is 6.31. The summed E-state index contributed by atoms with van der Waals surface area (Å²) in [5.74, 6) is 1.20. The minimum absolute atomic E-state index is 0.0552. The van der Waals surface area contributed by atoms with Crippen molar-refractivity contribution < 1.29 is 18.8 Å². The third-order valence-electron chi connectivity index (χ3n) is 4.03. The van der Waals surface area contributed by atoms with E-state index in [9.17, 15) is 4.79 Å². The van der Waals surface area contributed by atoms with E-state index in [-0.39, 0.29) is 5.78 Å². The van der Waals surface area contributed by atoms with Gasteiger partial charge in [0.25, 0.3) is 0 Å². The standard InChI is InChI=1S/C21H21NO3/c1-14-5-7-15(8-6-14)21(23)20-17-13-16(24-4)9-10-18(17)25-19(20)11-12-22(2)3/h5-13H,1-4H3/p+1/b12-11-. The summed E-state index contributed by atoms with van der Waals surface area (Å²) in [6.07, 6.45) is 3.80. The van der Waals surface area contributed by atoms with Crippen LogP contribution >= 0.6 is 0 Å². The van der Waals surface area contributed by atoms with E-state index in [1.165, 1.54) is 0 Å². The molecule has 1 N–H and O–H groups in total.